The minimum atomic E-state index is 0.393. The first kappa shape index (κ1) is 15.7. The van der Waals surface area contributed by atoms with E-state index < -0.39 is 0 Å². The van der Waals surface area contributed by atoms with E-state index in [2.05, 4.69) is 63.2 Å². The Morgan fingerprint density at radius 2 is 1.82 bits per heavy atom. The van der Waals surface area contributed by atoms with Crippen LogP contribution in [0.3, 0.4) is 0 Å². The number of furan rings is 1. The number of aryl methyl sites for hydroxylation is 1. The Balaban J connectivity index is 1.82. The number of ether oxygens (including phenoxy) is 1. The molecule has 0 unspecified atom stereocenters. The molecule has 0 N–H and O–H groups in total. The number of hydrogen-bond donors (Lipinski definition) is 0. The van der Waals surface area contributed by atoms with Crippen LogP contribution in [0.1, 0.15) is 30.9 Å². The van der Waals surface area contributed by atoms with Gasteiger partial charge in [-0.1, -0.05) is 38.1 Å². The maximum atomic E-state index is 6.52. The number of fused-ring (bicyclic) bond motifs is 5. The van der Waals surface area contributed by atoms with Gasteiger partial charge in [-0.05, 0) is 47.4 Å². The van der Waals surface area contributed by atoms with Crippen LogP contribution < -0.4 is 4.74 Å². The van der Waals surface area contributed by atoms with Crippen LogP contribution in [0.2, 0.25) is 0 Å². The Morgan fingerprint density at radius 3 is 2.68 bits per heavy atom. The fourth-order valence-electron chi connectivity index (χ4n) is 4.36. The number of nitrogens with zero attached hydrogens (tertiary/aromatic N) is 1. The third-order valence-electron chi connectivity index (χ3n) is 5.87. The molecule has 3 nitrogen and oxygen atoms in total. The van der Waals surface area contributed by atoms with E-state index in [1.165, 1.54) is 16.3 Å². The molecule has 0 radical (unpaired) electrons. The van der Waals surface area contributed by atoms with Gasteiger partial charge in [-0.3, -0.25) is 0 Å². The van der Waals surface area contributed by atoms with E-state index >= 15 is 0 Å². The SMILES string of the molecule is Cc1c2c(cc3ccccc13)-c1nc3ccoc3c3cc(C(C)C)cc(c13)O2. The minimum absolute atomic E-state index is 0.393. The summed E-state index contributed by atoms with van der Waals surface area (Å²) in [5.74, 6) is 2.17. The smallest absolute Gasteiger partial charge is 0.160 e. The second-order valence-corrected chi connectivity index (χ2v) is 7.89. The molecule has 0 amide bonds. The van der Waals surface area contributed by atoms with Crippen molar-refractivity contribution in [1.82, 2.24) is 4.98 Å². The van der Waals surface area contributed by atoms with Gasteiger partial charge in [0.05, 0.1) is 17.3 Å². The van der Waals surface area contributed by atoms with Gasteiger partial charge in [0.15, 0.2) is 5.58 Å². The Kier molecular flexibility index (Phi) is 3.00. The quantitative estimate of drug-likeness (QED) is 0.306. The molecular weight excluding hydrogens is 346 g/mol. The van der Waals surface area contributed by atoms with Gasteiger partial charge in [0, 0.05) is 22.6 Å². The van der Waals surface area contributed by atoms with Crippen molar-refractivity contribution in [2.45, 2.75) is 26.7 Å². The number of hydrogen-bond acceptors (Lipinski definition) is 3. The predicted molar refractivity (Wildman–Crippen MR) is 113 cm³/mol. The van der Waals surface area contributed by atoms with Crippen molar-refractivity contribution >= 4 is 32.6 Å². The van der Waals surface area contributed by atoms with Crippen LogP contribution in [-0.2, 0) is 0 Å². The molecule has 6 rings (SSSR count). The molecule has 0 saturated heterocycles. The molecule has 28 heavy (non-hydrogen) atoms. The van der Waals surface area contributed by atoms with Gasteiger partial charge >= 0.3 is 0 Å². The average molecular weight is 365 g/mol. The van der Waals surface area contributed by atoms with Gasteiger partial charge in [0.25, 0.3) is 0 Å². The summed E-state index contributed by atoms with van der Waals surface area (Å²) in [5, 5.41) is 4.52. The Hall–Kier alpha value is -3.33. The van der Waals surface area contributed by atoms with Crippen molar-refractivity contribution in [3.8, 4) is 22.8 Å². The molecule has 3 aromatic carbocycles. The maximum Gasteiger partial charge on any atom is 0.160 e. The Labute approximate surface area is 162 Å². The van der Waals surface area contributed by atoms with Crippen LogP contribution in [0.25, 0.3) is 43.9 Å². The van der Waals surface area contributed by atoms with E-state index in [4.69, 9.17) is 14.1 Å². The molecule has 1 aliphatic heterocycles. The van der Waals surface area contributed by atoms with E-state index in [9.17, 15) is 0 Å². The van der Waals surface area contributed by atoms with Crippen molar-refractivity contribution in [3.05, 3.63) is 65.9 Å². The van der Waals surface area contributed by atoms with Crippen LogP contribution in [0, 0.1) is 6.92 Å². The molecule has 5 aromatic rings. The summed E-state index contributed by atoms with van der Waals surface area (Å²) in [6.45, 7) is 6.53. The summed E-state index contributed by atoms with van der Waals surface area (Å²) in [5.41, 5.74) is 6.12. The minimum Gasteiger partial charge on any atom is -0.462 e. The van der Waals surface area contributed by atoms with Gasteiger partial charge in [-0.2, -0.15) is 0 Å². The molecule has 0 bridgehead atoms. The standard InChI is InChI=1S/C25H19NO2/c1-13(2)16-11-18-22-21(12-16)28-24-14(3)17-7-5-4-6-15(17)10-19(24)23(22)26-20-8-9-27-25(18)20/h4-13H,1-3H3. The fourth-order valence-corrected chi connectivity index (χ4v) is 4.36. The number of aromatic nitrogens is 1. The van der Waals surface area contributed by atoms with Crippen molar-refractivity contribution in [2.24, 2.45) is 0 Å². The number of pyridine rings is 1. The fraction of sp³-hybridized carbons (Fsp3) is 0.160. The van der Waals surface area contributed by atoms with E-state index in [-0.39, 0.29) is 0 Å². The van der Waals surface area contributed by atoms with Crippen LogP contribution in [0.5, 0.6) is 11.5 Å². The molecule has 0 saturated carbocycles. The highest BCUT2D eigenvalue weighted by atomic mass is 16.5. The Bertz CT molecular complexity index is 1430. The number of rotatable bonds is 1. The van der Waals surface area contributed by atoms with E-state index in [0.717, 1.165) is 50.2 Å². The van der Waals surface area contributed by atoms with E-state index in [0.29, 0.717) is 5.92 Å². The van der Waals surface area contributed by atoms with Gasteiger partial charge in [-0.25, -0.2) is 4.98 Å². The lowest BCUT2D eigenvalue weighted by Gasteiger charge is -2.24. The first-order chi connectivity index (χ1) is 13.6. The molecule has 0 aliphatic carbocycles. The third kappa shape index (κ3) is 1.96. The zero-order valence-electron chi connectivity index (χ0n) is 16.0. The lowest BCUT2D eigenvalue weighted by Crippen LogP contribution is -2.03. The van der Waals surface area contributed by atoms with Crippen molar-refractivity contribution < 1.29 is 9.15 Å². The predicted octanol–water partition coefficient (Wildman–Crippen LogP) is 7.34. The maximum absolute atomic E-state index is 6.52. The summed E-state index contributed by atoms with van der Waals surface area (Å²) in [4.78, 5) is 4.98. The molecule has 3 heteroatoms. The average Bonchev–Trinajstić information content (AvgIpc) is 3.18. The highest BCUT2D eigenvalue weighted by molar-refractivity contribution is 6.14. The van der Waals surface area contributed by atoms with Crippen LogP contribution in [0.4, 0.5) is 0 Å². The first-order valence-electron chi connectivity index (χ1n) is 9.67. The van der Waals surface area contributed by atoms with E-state index in [1.54, 1.807) is 6.26 Å². The summed E-state index contributed by atoms with van der Waals surface area (Å²) in [6, 6.07) is 17.0. The second kappa shape index (κ2) is 5.35. The second-order valence-electron chi connectivity index (χ2n) is 7.89. The summed E-state index contributed by atoms with van der Waals surface area (Å²) in [6.07, 6.45) is 1.72. The molecule has 0 fully saturated rings. The Morgan fingerprint density at radius 1 is 0.964 bits per heavy atom. The molecular formula is C25H19NO2. The van der Waals surface area contributed by atoms with Gasteiger partial charge in [-0.15, -0.1) is 0 Å². The zero-order valence-corrected chi connectivity index (χ0v) is 16.0. The molecule has 136 valence electrons. The molecule has 0 spiro atoms. The van der Waals surface area contributed by atoms with Crippen molar-refractivity contribution in [1.29, 1.82) is 0 Å². The lowest BCUT2D eigenvalue weighted by molar-refractivity contribution is 0.482. The normalized spacial score (nSPS) is 12.7. The van der Waals surface area contributed by atoms with Crippen LogP contribution in [0.15, 0.2) is 59.2 Å². The monoisotopic (exact) mass is 365 g/mol. The summed E-state index contributed by atoms with van der Waals surface area (Å²) in [7, 11) is 0. The van der Waals surface area contributed by atoms with E-state index in [1.807, 2.05) is 6.07 Å². The van der Waals surface area contributed by atoms with Crippen LogP contribution >= 0.6 is 0 Å². The highest BCUT2D eigenvalue weighted by Gasteiger charge is 2.27. The number of benzene rings is 3. The summed E-state index contributed by atoms with van der Waals surface area (Å²) >= 11 is 0. The lowest BCUT2D eigenvalue weighted by atomic mass is 9.91. The van der Waals surface area contributed by atoms with Crippen LogP contribution in [-0.4, -0.2) is 4.98 Å². The molecule has 1 aliphatic rings. The molecule has 3 heterocycles. The zero-order chi connectivity index (χ0) is 19.0. The largest absolute Gasteiger partial charge is 0.462 e. The highest BCUT2D eigenvalue weighted by Crippen LogP contribution is 2.50. The topological polar surface area (TPSA) is 35.3 Å². The van der Waals surface area contributed by atoms with Crippen molar-refractivity contribution in [2.75, 3.05) is 0 Å². The van der Waals surface area contributed by atoms with Gasteiger partial charge in [0.1, 0.15) is 17.0 Å². The van der Waals surface area contributed by atoms with Gasteiger partial charge < -0.3 is 9.15 Å². The van der Waals surface area contributed by atoms with Gasteiger partial charge in [0.2, 0.25) is 0 Å². The summed E-state index contributed by atoms with van der Waals surface area (Å²) < 4.78 is 12.3. The molecule has 2 aromatic heterocycles. The van der Waals surface area contributed by atoms with Crippen molar-refractivity contribution in [3.63, 3.8) is 0 Å². The third-order valence-corrected chi connectivity index (χ3v) is 5.87. The molecule has 0 atom stereocenters. The first-order valence-corrected chi connectivity index (χ1v) is 9.67.